The van der Waals surface area contributed by atoms with Crippen molar-refractivity contribution in [1.29, 1.82) is 0 Å². The zero-order chi connectivity index (χ0) is 15.3. The molecule has 2 atom stereocenters. The molecule has 0 unspecified atom stereocenters. The van der Waals surface area contributed by atoms with Gasteiger partial charge < -0.3 is 4.90 Å². The summed E-state index contributed by atoms with van der Waals surface area (Å²) in [5, 5.41) is 0. The van der Waals surface area contributed by atoms with E-state index >= 15 is 0 Å². The number of rotatable bonds is 6. The Morgan fingerprint density at radius 2 is 1.95 bits per heavy atom. The number of nitrogens with zero attached hydrogens (tertiary/aromatic N) is 2. The van der Waals surface area contributed by atoms with Crippen molar-refractivity contribution in [2.45, 2.75) is 19.5 Å². The molecule has 0 saturated heterocycles. The number of hydrogen-bond donors (Lipinski definition) is 0. The zero-order valence-electron chi connectivity index (χ0n) is 12.9. The second-order valence-corrected chi connectivity index (χ2v) is 6.88. The summed E-state index contributed by atoms with van der Waals surface area (Å²) in [7, 11) is 4.72. The van der Waals surface area contributed by atoms with Crippen LogP contribution in [0.25, 0.3) is 0 Å². The van der Waals surface area contributed by atoms with Crippen molar-refractivity contribution in [3.05, 3.63) is 35.4 Å². The van der Waals surface area contributed by atoms with Gasteiger partial charge in [0.15, 0.2) is 0 Å². The third-order valence-electron chi connectivity index (χ3n) is 3.24. The first-order chi connectivity index (χ1) is 9.31. The maximum atomic E-state index is 11.9. The van der Waals surface area contributed by atoms with Gasteiger partial charge in [-0.1, -0.05) is 12.1 Å². The molecule has 0 spiro atoms. The van der Waals surface area contributed by atoms with Crippen LogP contribution in [0.3, 0.4) is 0 Å². The lowest BCUT2D eigenvalue weighted by Gasteiger charge is -2.24. The summed E-state index contributed by atoms with van der Waals surface area (Å²) < 4.78 is 11.3. The third-order valence-corrected chi connectivity index (χ3v) is 4.19. The maximum absolute atomic E-state index is 11.9. The molecular formula is C15H24N2O2S. The molecule has 0 bridgehead atoms. The molecule has 0 saturated carbocycles. The fourth-order valence-corrected chi connectivity index (χ4v) is 2.91. The topological polar surface area (TPSA) is 40.6 Å². The van der Waals surface area contributed by atoms with Crippen molar-refractivity contribution in [3.63, 3.8) is 0 Å². The van der Waals surface area contributed by atoms with Crippen LogP contribution in [-0.2, 0) is 17.3 Å². The van der Waals surface area contributed by atoms with Crippen LogP contribution in [-0.4, -0.2) is 59.1 Å². The Kier molecular flexibility index (Phi) is 6.36. The highest BCUT2D eigenvalue weighted by atomic mass is 32.2. The molecule has 1 rings (SSSR count). The Labute approximate surface area is 124 Å². The highest BCUT2D eigenvalue weighted by molar-refractivity contribution is 7.84. The van der Waals surface area contributed by atoms with Gasteiger partial charge in [-0.25, -0.2) is 0 Å². The monoisotopic (exact) mass is 296 g/mol. The molecule has 0 aromatic heterocycles. The molecule has 0 aliphatic carbocycles. The van der Waals surface area contributed by atoms with Crippen LogP contribution in [0.15, 0.2) is 24.3 Å². The third kappa shape index (κ3) is 5.06. The zero-order valence-corrected chi connectivity index (χ0v) is 13.7. The number of benzene rings is 1. The minimum Gasteiger partial charge on any atom is -0.345 e. The van der Waals surface area contributed by atoms with Gasteiger partial charge >= 0.3 is 0 Å². The van der Waals surface area contributed by atoms with Crippen LogP contribution in [0.2, 0.25) is 0 Å². The van der Waals surface area contributed by atoms with Crippen LogP contribution in [0.1, 0.15) is 22.8 Å². The standard InChI is InChI=1S/C15H24N2O2S/c1-12(11-20(5)19)17(4)10-13-7-6-8-14(9-13)15(18)16(2)3/h6-9,12H,10-11H2,1-5H3/t12-,20+/m1/s1. The quantitative estimate of drug-likeness (QED) is 0.800. The smallest absolute Gasteiger partial charge is 0.253 e. The predicted octanol–water partition coefficient (Wildman–Crippen LogP) is 1.59. The number of carbonyl (C=O) groups is 1. The van der Waals surface area contributed by atoms with Crippen LogP contribution < -0.4 is 0 Å². The summed E-state index contributed by atoms with van der Waals surface area (Å²) in [6.07, 6.45) is 1.72. The van der Waals surface area contributed by atoms with Crippen molar-refractivity contribution in [2.75, 3.05) is 33.2 Å². The van der Waals surface area contributed by atoms with E-state index in [0.29, 0.717) is 11.3 Å². The van der Waals surface area contributed by atoms with Gasteiger partial charge in [0.25, 0.3) is 5.91 Å². The summed E-state index contributed by atoms with van der Waals surface area (Å²) in [6.45, 7) is 2.81. The van der Waals surface area contributed by atoms with E-state index in [2.05, 4.69) is 11.8 Å². The summed E-state index contributed by atoms with van der Waals surface area (Å²) >= 11 is 0. The fraction of sp³-hybridized carbons (Fsp3) is 0.533. The van der Waals surface area contributed by atoms with Crippen LogP contribution >= 0.6 is 0 Å². The molecule has 0 aliphatic heterocycles. The molecule has 112 valence electrons. The molecule has 1 amide bonds. The number of carbonyl (C=O) groups excluding carboxylic acids is 1. The molecule has 0 heterocycles. The van der Waals surface area contributed by atoms with E-state index in [9.17, 15) is 9.00 Å². The van der Waals surface area contributed by atoms with Gasteiger partial charge in [0.1, 0.15) is 0 Å². The number of amides is 1. The lowest BCUT2D eigenvalue weighted by Crippen LogP contribution is -2.33. The first-order valence-corrected chi connectivity index (χ1v) is 8.35. The maximum Gasteiger partial charge on any atom is 0.253 e. The van der Waals surface area contributed by atoms with Crippen molar-refractivity contribution >= 4 is 16.7 Å². The van der Waals surface area contributed by atoms with Gasteiger partial charge in [0, 0.05) is 55.1 Å². The van der Waals surface area contributed by atoms with Crippen LogP contribution in [0.4, 0.5) is 0 Å². The summed E-state index contributed by atoms with van der Waals surface area (Å²) in [6, 6.07) is 7.92. The second kappa shape index (κ2) is 7.55. The average Bonchev–Trinajstić information content (AvgIpc) is 2.37. The van der Waals surface area contributed by atoms with E-state index in [1.165, 1.54) is 0 Å². The average molecular weight is 296 g/mol. The minimum atomic E-state index is -0.795. The highest BCUT2D eigenvalue weighted by Crippen LogP contribution is 2.11. The Hall–Kier alpha value is -1.20. The Morgan fingerprint density at radius 1 is 1.30 bits per heavy atom. The van der Waals surface area contributed by atoms with Gasteiger partial charge in [-0.2, -0.15) is 0 Å². The molecule has 0 fully saturated rings. The molecule has 1 aromatic carbocycles. The largest absolute Gasteiger partial charge is 0.345 e. The Morgan fingerprint density at radius 3 is 2.50 bits per heavy atom. The Balaban J connectivity index is 2.75. The van der Waals surface area contributed by atoms with E-state index in [0.717, 1.165) is 12.1 Å². The summed E-state index contributed by atoms with van der Waals surface area (Å²) in [5.41, 5.74) is 1.79. The molecule has 20 heavy (non-hydrogen) atoms. The normalized spacial score (nSPS) is 14.1. The van der Waals surface area contributed by atoms with Crippen LogP contribution in [0.5, 0.6) is 0 Å². The molecule has 1 aromatic rings. The van der Waals surface area contributed by atoms with Gasteiger partial charge in [-0.3, -0.25) is 13.9 Å². The van der Waals surface area contributed by atoms with E-state index < -0.39 is 10.8 Å². The SMILES string of the molecule is C[C@H](C[S@](C)=O)N(C)Cc1cccc(C(=O)N(C)C)c1. The van der Waals surface area contributed by atoms with Gasteiger partial charge in [-0.05, 0) is 31.7 Å². The second-order valence-electron chi connectivity index (χ2n) is 5.40. The summed E-state index contributed by atoms with van der Waals surface area (Å²) in [4.78, 5) is 15.7. The van der Waals surface area contributed by atoms with E-state index in [-0.39, 0.29) is 11.9 Å². The lowest BCUT2D eigenvalue weighted by atomic mass is 10.1. The van der Waals surface area contributed by atoms with Crippen LogP contribution in [0, 0.1) is 0 Å². The highest BCUT2D eigenvalue weighted by Gasteiger charge is 2.13. The van der Waals surface area contributed by atoms with Crippen molar-refractivity contribution in [3.8, 4) is 0 Å². The van der Waals surface area contributed by atoms with Crippen molar-refractivity contribution in [2.24, 2.45) is 0 Å². The molecule has 0 aliphatic rings. The van der Waals surface area contributed by atoms with Gasteiger partial charge in [0.05, 0.1) is 0 Å². The first-order valence-electron chi connectivity index (χ1n) is 6.62. The fourth-order valence-electron chi connectivity index (χ4n) is 1.97. The van der Waals surface area contributed by atoms with Crippen molar-refractivity contribution in [1.82, 2.24) is 9.80 Å². The predicted molar refractivity (Wildman–Crippen MR) is 84.3 cm³/mol. The number of hydrogen-bond acceptors (Lipinski definition) is 3. The molecule has 0 N–H and O–H groups in total. The lowest BCUT2D eigenvalue weighted by molar-refractivity contribution is 0.0827. The minimum absolute atomic E-state index is 0.0113. The molecule has 5 heteroatoms. The Bertz CT molecular complexity index is 489. The van der Waals surface area contributed by atoms with Gasteiger partial charge in [-0.15, -0.1) is 0 Å². The first kappa shape index (κ1) is 16.9. The van der Waals surface area contributed by atoms with E-state index in [1.54, 1.807) is 25.3 Å². The molecule has 0 radical (unpaired) electrons. The van der Waals surface area contributed by atoms with E-state index in [4.69, 9.17) is 0 Å². The van der Waals surface area contributed by atoms with Gasteiger partial charge in [0.2, 0.25) is 0 Å². The van der Waals surface area contributed by atoms with E-state index in [1.807, 2.05) is 31.3 Å². The van der Waals surface area contributed by atoms with Crippen molar-refractivity contribution < 1.29 is 9.00 Å². The molecule has 4 nitrogen and oxygen atoms in total. The molecular weight excluding hydrogens is 272 g/mol. The summed E-state index contributed by atoms with van der Waals surface area (Å²) in [5.74, 6) is 0.671.